The van der Waals surface area contributed by atoms with E-state index in [2.05, 4.69) is 48.4 Å². The van der Waals surface area contributed by atoms with E-state index in [-0.39, 0.29) is 5.54 Å². The third-order valence-corrected chi connectivity index (χ3v) is 4.79. The molecule has 2 unspecified atom stereocenters. The first-order valence-electron chi connectivity index (χ1n) is 6.68. The van der Waals surface area contributed by atoms with Crippen molar-refractivity contribution in [3.05, 3.63) is 48.2 Å². The maximum Gasteiger partial charge on any atom is 0.133 e. The summed E-state index contributed by atoms with van der Waals surface area (Å²) in [5, 5.41) is 1.21. The Labute approximate surface area is 107 Å². The predicted molar refractivity (Wildman–Crippen MR) is 72.4 cm³/mol. The van der Waals surface area contributed by atoms with Gasteiger partial charge in [0.25, 0.3) is 0 Å². The SMILES string of the molecule is CN1C2CC=CC1(c1ccc3occc3c1)CC2. The predicted octanol–water partition coefficient (Wildman–Crippen LogP) is 3.68. The highest BCUT2D eigenvalue weighted by Crippen LogP contribution is 2.46. The monoisotopic (exact) mass is 239 g/mol. The minimum atomic E-state index is 0.119. The van der Waals surface area contributed by atoms with Crippen molar-refractivity contribution in [2.45, 2.75) is 30.8 Å². The third-order valence-electron chi connectivity index (χ3n) is 4.79. The Morgan fingerprint density at radius 3 is 3.22 bits per heavy atom. The zero-order valence-corrected chi connectivity index (χ0v) is 10.6. The fraction of sp³-hybridized carbons (Fsp3) is 0.375. The van der Waals surface area contributed by atoms with E-state index < -0.39 is 0 Å². The topological polar surface area (TPSA) is 16.4 Å². The van der Waals surface area contributed by atoms with Crippen LogP contribution >= 0.6 is 0 Å². The van der Waals surface area contributed by atoms with Crippen molar-refractivity contribution >= 4 is 11.0 Å². The lowest BCUT2D eigenvalue weighted by Crippen LogP contribution is -2.42. The van der Waals surface area contributed by atoms with Crippen molar-refractivity contribution in [3.8, 4) is 0 Å². The van der Waals surface area contributed by atoms with Gasteiger partial charge in [-0.3, -0.25) is 4.90 Å². The number of likely N-dealkylation sites (N-methyl/N-ethyl adjacent to an activating group) is 1. The van der Waals surface area contributed by atoms with Crippen LogP contribution in [0.5, 0.6) is 0 Å². The van der Waals surface area contributed by atoms with Gasteiger partial charge in [0, 0.05) is 11.4 Å². The molecule has 2 aliphatic rings. The molecule has 1 fully saturated rings. The molecule has 2 atom stereocenters. The molecule has 18 heavy (non-hydrogen) atoms. The van der Waals surface area contributed by atoms with Crippen LogP contribution in [0.25, 0.3) is 11.0 Å². The van der Waals surface area contributed by atoms with Crippen molar-refractivity contribution in [2.75, 3.05) is 7.05 Å². The highest BCUT2D eigenvalue weighted by atomic mass is 16.3. The van der Waals surface area contributed by atoms with Crippen molar-refractivity contribution in [1.29, 1.82) is 0 Å². The smallest absolute Gasteiger partial charge is 0.133 e. The first kappa shape index (κ1) is 10.4. The molecule has 0 saturated carbocycles. The maximum absolute atomic E-state index is 5.43. The van der Waals surface area contributed by atoms with E-state index >= 15 is 0 Å². The van der Waals surface area contributed by atoms with Crippen LogP contribution in [0.2, 0.25) is 0 Å². The number of nitrogens with zero attached hydrogens (tertiary/aromatic N) is 1. The summed E-state index contributed by atoms with van der Waals surface area (Å²) >= 11 is 0. The number of furan rings is 1. The van der Waals surface area contributed by atoms with Crippen LogP contribution in [0.3, 0.4) is 0 Å². The van der Waals surface area contributed by atoms with Crippen LogP contribution in [0.15, 0.2) is 47.1 Å². The summed E-state index contributed by atoms with van der Waals surface area (Å²) in [4.78, 5) is 2.55. The molecule has 0 amide bonds. The van der Waals surface area contributed by atoms with Crippen LogP contribution in [-0.4, -0.2) is 18.0 Å². The number of hydrogen-bond donors (Lipinski definition) is 0. The van der Waals surface area contributed by atoms with E-state index in [1.165, 1.54) is 30.2 Å². The quantitative estimate of drug-likeness (QED) is 0.706. The molecule has 0 spiro atoms. The average molecular weight is 239 g/mol. The van der Waals surface area contributed by atoms with Gasteiger partial charge in [-0.25, -0.2) is 0 Å². The summed E-state index contributed by atoms with van der Waals surface area (Å²) in [6.07, 6.45) is 10.3. The Balaban J connectivity index is 1.90. The second-order valence-electron chi connectivity index (χ2n) is 5.54. The number of fused-ring (bicyclic) bond motifs is 3. The van der Waals surface area contributed by atoms with Crippen LogP contribution < -0.4 is 0 Å². The molecule has 4 rings (SSSR count). The molecular weight excluding hydrogens is 222 g/mol. The fourth-order valence-corrected chi connectivity index (χ4v) is 3.66. The maximum atomic E-state index is 5.43. The molecule has 0 radical (unpaired) electrons. The van der Waals surface area contributed by atoms with Gasteiger partial charge in [0.05, 0.1) is 11.8 Å². The summed E-state index contributed by atoms with van der Waals surface area (Å²) in [6.45, 7) is 0. The van der Waals surface area contributed by atoms with Crippen molar-refractivity contribution in [2.24, 2.45) is 0 Å². The van der Waals surface area contributed by atoms with Gasteiger partial charge in [0.1, 0.15) is 5.58 Å². The van der Waals surface area contributed by atoms with E-state index in [1.807, 2.05) is 0 Å². The Hall–Kier alpha value is -1.54. The molecule has 2 aromatic rings. The van der Waals surface area contributed by atoms with E-state index in [9.17, 15) is 0 Å². The van der Waals surface area contributed by atoms with Crippen LogP contribution in [-0.2, 0) is 5.54 Å². The van der Waals surface area contributed by atoms with Crippen molar-refractivity contribution in [3.63, 3.8) is 0 Å². The minimum Gasteiger partial charge on any atom is -0.464 e. The van der Waals surface area contributed by atoms with Crippen molar-refractivity contribution < 1.29 is 4.42 Å². The first-order chi connectivity index (χ1) is 8.79. The van der Waals surface area contributed by atoms with Gasteiger partial charge in [-0.15, -0.1) is 0 Å². The number of hydrogen-bond acceptors (Lipinski definition) is 2. The zero-order valence-electron chi connectivity index (χ0n) is 10.6. The summed E-state index contributed by atoms with van der Waals surface area (Å²) in [5.74, 6) is 0. The number of rotatable bonds is 1. The third kappa shape index (κ3) is 1.21. The van der Waals surface area contributed by atoms with Gasteiger partial charge in [0.2, 0.25) is 0 Å². The van der Waals surface area contributed by atoms with E-state index in [0.717, 1.165) is 11.6 Å². The average Bonchev–Trinajstić information content (AvgIpc) is 2.89. The highest BCUT2D eigenvalue weighted by molar-refractivity contribution is 5.78. The molecule has 1 aromatic carbocycles. The van der Waals surface area contributed by atoms with Gasteiger partial charge in [-0.05, 0) is 50.1 Å². The van der Waals surface area contributed by atoms with Gasteiger partial charge in [0.15, 0.2) is 0 Å². The van der Waals surface area contributed by atoms with E-state index in [4.69, 9.17) is 4.42 Å². The lowest BCUT2D eigenvalue weighted by Gasteiger charge is -2.39. The molecule has 2 aliphatic heterocycles. The standard InChI is InChI=1S/C16H17NO/c1-17-14-3-2-8-16(17,9-6-14)13-4-5-15-12(11-13)7-10-18-15/h2,4-5,7-8,10-11,14H,3,6,9H2,1H3. The molecule has 2 heteroatoms. The molecule has 1 saturated heterocycles. The lowest BCUT2D eigenvalue weighted by molar-refractivity contribution is 0.168. The zero-order chi connectivity index (χ0) is 12.2. The molecule has 3 heterocycles. The molecule has 2 nitrogen and oxygen atoms in total. The van der Waals surface area contributed by atoms with Crippen molar-refractivity contribution in [1.82, 2.24) is 4.90 Å². The second kappa shape index (κ2) is 3.48. The lowest BCUT2D eigenvalue weighted by atomic mass is 9.86. The Morgan fingerprint density at radius 1 is 1.33 bits per heavy atom. The minimum absolute atomic E-state index is 0.119. The van der Waals surface area contributed by atoms with Gasteiger partial charge < -0.3 is 4.42 Å². The van der Waals surface area contributed by atoms with Crippen LogP contribution in [0.1, 0.15) is 24.8 Å². The van der Waals surface area contributed by atoms with Gasteiger partial charge in [-0.2, -0.15) is 0 Å². The van der Waals surface area contributed by atoms with Crippen LogP contribution in [0, 0.1) is 0 Å². The van der Waals surface area contributed by atoms with Gasteiger partial charge in [-0.1, -0.05) is 18.2 Å². The second-order valence-corrected chi connectivity index (χ2v) is 5.54. The Morgan fingerprint density at radius 2 is 2.28 bits per heavy atom. The van der Waals surface area contributed by atoms with E-state index in [0.29, 0.717) is 0 Å². The Kier molecular flexibility index (Phi) is 2.01. The Bertz CT molecular complexity index is 627. The summed E-state index contributed by atoms with van der Waals surface area (Å²) < 4.78 is 5.43. The summed E-state index contributed by atoms with van der Waals surface area (Å²) in [6, 6.07) is 9.38. The molecule has 92 valence electrons. The highest BCUT2D eigenvalue weighted by Gasteiger charge is 2.45. The van der Waals surface area contributed by atoms with Gasteiger partial charge >= 0.3 is 0 Å². The molecule has 1 aromatic heterocycles. The first-order valence-corrected chi connectivity index (χ1v) is 6.68. The molecule has 0 N–H and O–H groups in total. The fourth-order valence-electron chi connectivity index (χ4n) is 3.66. The summed E-state index contributed by atoms with van der Waals surface area (Å²) in [7, 11) is 2.26. The molecule has 2 bridgehead atoms. The number of benzene rings is 1. The normalized spacial score (nSPS) is 31.3. The van der Waals surface area contributed by atoms with E-state index in [1.54, 1.807) is 6.26 Å². The molecular formula is C16H17NO. The largest absolute Gasteiger partial charge is 0.464 e. The van der Waals surface area contributed by atoms with Crippen LogP contribution in [0.4, 0.5) is 0 Å². The summed E-state index contributed by atoms with van der Waals surface area (Å²) in [5.41, 5.74) is 2.50. The molecule has 0 aliphatic carbocycles.